The van der Waals surface area contributed by atoms with Crippen molar-refractivity contribution in [2.75, 3.05) is 6.54 Å². The van der Waals surface area contributed by atoms with Gasteiger partial charge in [0.25, 0.3) is 0 Å². The Labute approximate surface area is 192 Å². The summed E-state index contributed by atoms with van der Waals surface area (Å²) in [6.45, 7) is 6.17. The first-order chi connectivity index (χ1) is 15.0. The molecule has 0 rings (SSSR count). The smallest absolute Gasteiger partial charge is 0.303 e. The van der Waals surface area contributed by atoms with E-state index in [0.29, 0.717) is 12.0 Å². The van der Waals surface area contributed by atoms with E-state index in [1.54, 1.807) is 6.92 Å². The van der Waals surface area contributed by atoms with Crippen molar-refractivity contribution in [2.24, 2.45) is 0 Å². The Balaban J connectivity index is 3.07. The summed E-state index contributed by atoms with van der Waals surface area (Å²) in [6.07, 6.45) is 26.2. The van der Waals surface area contributed by atoms with Gasteiger partial charge in [-0.2, -0.15) is 0 Å². The third-order valence-corrected chi connectivity index (χ3v) is 5.99. The van der Waals surface area contributed by atoms with Gasteiger partial charge < -0.3 is 10.4 Å². The van der Waals surface area contributed by atoms with E-state index in [4.69, 9.17) is 5.11 Å². The van der Waals surface area contributed by atoms with Gasteiger partial charge in [-0.25, -0.2) is 0 Å². The zero-order chi connectivity index (χ0) is 23.0. The van der Waals surface area contributed by atoms with Crippen molar-refractivity contribution in [3.05, 3.63) is 12.2 Å². The van der Waals surface area contributed by atoms with Crippen molar-refractivity contribution < 1.29 is 14.7 Å². The largest absolute Gasteiger partial charge is 0.481 e. The van der Waals surface area contributed by atoms with E-state index in [1.165, 1.54) is 109 Å². The van der Waals surface area contributed by atoms with Gasteiger partial charge in [0.05, 0.1) is 0 Å². The third-order valence-electron chi connectivity index (χ3n) is 5.99. The molecule has 0 aromatic rings. The Bertz CT molecular complexity index is 448. The average Bonchev–Trinajstić information content (AvgIpc) is 2.73. The molecular weight excluding hydrogens is 386 g/mol. The highest BCUT2D eigenvalue weighted by atomic mass is 16.4. The van der Waals surface area contributed by atoms with Crippen molar-refractivity contribution in [1.82, 2.24) is 5.32 Å². The molecule has 0 aromatic carbocycles. The van der Waals surface area contributed by atoms with Crippen molar-refractivity contribution >= 4 is 11.9 Å². The predicted octanol–water partition coefficient (Wildman–Crippen LogP) is 7.96. The molecule has 2 N–H and O–H groups in total. The molecule has 0 fully saturated rings. The van der Waals surface area contributed by atoms with E-state index in [0.717, 1.165) is 25.8 Å². The molecule has 0 atom stereocenters. The second-order valence-corrected chi connectivity index (χ2v) is 9.25. The molecule has 0 aromatic heterocycles. The van der Waals surface area contributed by atoms with Crippen LogP contribution < -0.4 is 5.32 Å². The lowest BCUT2D eigenvalue weighted by molar-refractivity contribution is -0.137. The van der Waals surface area contributed by atoms with E-state index < -0.39 is 5.97 Å². The van der Waals surface area contributed by atoms with Crippen LogP contribution in [-0.2, 0) is 9.59 Å². The van der Waals surface area contributed by atoms with Gasteiger partial charge in [0, 0.05) is 18.5 Å². The average molecular weight is 438 g/mol. The summed E-state index contributed by atoms with van der Waals surface area (Å²) in [7, 11) is 0. The molecule has 0 aliphatic heterocycles. The topological polar surface area (TPSA) is 66.4 Å². The van der Waals surface area contributed by atoms with Crippen molar-refractivity contribution in [3.63, 3.8) is 0 Å². The zero-order valence-corrected chi connectivity index (χ0v) is 20.5. The fourth-order valence-electron chi connectivity index (χ4n) is 3.94. The van der Waals surface area contributed by atoms with Crippen LogP contribution in [0.25, 0.3) is 0 Å². The first-order valence-electron chi connectivity index (χ1n) is 13.2. The fourth-order valence-corrected chi connectivity index (χ4v) is 3.94. The summed E-state index contributed by atoms with van der Waals surface area (Å²) in [5, 5.41) is 11.5. The minimum Gasteiger partial charge on any atom is -0.481 e. The first-order valence-corrected chi connectivity index (χ1v) is 13.2. The van der Waals surface area contributed by atoms with Gasteiger partial charge in [-0.15, -0.1) is 0 Å². The maximum absolute atomic E-state index is 11.3. The Morgan fingerprint density at radius 1 is 0.581 bits per heavy atom. The third kappa shape index (κ3) is 24.8. The van der Waals surface area contributed by atoms with Gasteiger partial charge in [0.1, 0.15) is 0 Å². The normalized spacial score (nSPS) is 10.9. The number of nitrogens with one attached hydrogen (secondary N) is 1. The van der Waals surface area contributed by atoms with E-state index in [2.05, 4.69) is 11.9 Å². The summed E-state index contributed by atoms with van der Waals surface area (Å²) < 4.78 is 0. The van der Waals surface area contributed by atoms with E-state index in [1.807, 2.05) is 0 Å². The molecule has 0 radical (unpaired) electrons. The number of hydrogen-bond acceptors (Lipinski definition) is 2. The summed E-state index contributed by atoms with van der Waals surface area (Å²) in [5.74, 6) is -0.677. The van der Waals surface area contributed by atoms with E-state index >= 15 is 0 Å². The number of carbonyl (C=O) groups is 2. The summed E-state index contributed by atoms with van der Waals surface area (Å²) in [5.41, 5.74) is 0.592. The zero-order valence-electron chi connectivity index (χ0n) is 20.5. The fraction of sp³-hybridized carbons (Fsp3) is 0.852. The molecule has 0 saturated heterocycles. The van der Waals surface area contributed by atoms with Crippen LogP contribution in [-0.4, -0.2) is 23.5 Å². The van der Waals surface area contributed by atoms with Crippen LogP contribution >= 0.6 is 0 Å². The molecule has 0 bridgehead atoms. The Morgan fingerprint density at radius 3 is 1.16 bits per heavy atom. The highest BCUT2D eigenvalue weighted by Crippen LogP contribution is 2.15. The number of aliphatic carboxylic acids is 1. The molecule has 0 unspecified atom stereocenters. The van der Waals surface area contributed by atoms with E-state index in [9.17, 15) is 9.59 Å². The van der Waals surface area contributed by atoms with Crippen LogP contribution in [0, 0.1) is 0 Å². The highest BCUT2D eigenvalue weighted by molar-refractivity contribution is 5.91. The minimum atomic E-state index is -0.661. The van der Waals surface area contributed by atoms with Gasteiger partial charge >= 0.3 is 5.97 Å². The molecule has 0 aliphatic carbocycles. The lowest BCUT2D eigenvalue weighted by Crippen LogP contribution is -2.24. The minimum absolute atomic E-state index is 0.0155. The second kappa shape index (κ2) is 23.3. The molecule has 4 heteroatoms. The monoisotopic (exact) mass is 437 g/mol. The summed E-state index contributed by atoms with van der Waals surface area (Å²) >= 11 is 0. The number of carbonyl (C=O) groups excluding carboxylic acids is 1. The number of hydrogen-bond donors (Lipinski definition) is 2. The Kier molecular flexibility index (Phi) is 22.4. The quantitative estimate of drug-likeness (QED) is 0.119. The van der Waals surface area contributed by atoms with Crippen LogP contribution in [0.1, 0.15) is 142 Å². The molecule has 182 valence electrons. The van der Waals surface area contributed by atoms with Crippen molar-refractivity contribution in [1.29, 1.82) is 0 Å². The maximum atomic E-state index is 11.3. The van der Waals surface area contributed by atoms with Gasteiger partial charge in [-0.3, -0.25) is 9.59 Å². The first kappa shape index (κ1) is 29.7. The summed E-state index contributed by atoms with van der Waals surface area (Å²) in [4.78, 5) is 21.8. The predicted molar refractivity (Wildman–Crippen MR) is 132 cm³/mol. The van der Waals surface area contributed by atoms with Gasteiger partial charge in [0.2, 0.25) is 5.91 Å². The number of carboxylic acid groups (broad SMARTS) is 1. The van der Waals surface area contributed by atoms with Gasteiger partial charge in [-0.05, 0) is 19.8 Å². The van der Waals surface area contributed by atoms with Crippen LogP contribution in [0.3, 0.4) is 0 Å². The summed E-state index contributed by atoms with van der Waals surface area (Å²) in [6, 6.07) is 0. The van der Waals surface area contributed by atoms with Crippen LogP contribution in [0.15, 0.2) is 12.2 Å². The Morgan fingerprint density at radius 2 is 0.871 bits per heavy atom. The number of carboxylic acids is 1. The molecule has 1 amide bonds. The van der Waals surface area contributed by atoms with Gasteiger partial charge in [0.15, 0.2) is 0 Å². The molecule has 0 heterocycles. The number of unbranched alkanes of at least 4 members (excludes halogenated alkanes) is 19. The van der Waals surface area contributed by atoms with Crippen LogP contribution in [0.5, 0.6) is 0 Å². The standard InChI is InChI=1S/C27H51NO3/c1-25(2)27(31)28-24-22-20-18-16-14-12-10-8-6-4-3-5-7-9-11-13-15-17-19-21-23-26(29)30/h1,3-24H2,2H3,(H,28,31)(H,29,30). The lowest BCUT2D eigenvalue weighted by Gasteiger charge is -2.05. The van der Waals surface area contributed by atoms with Crippen molar-refractivity contribution in [2.45, 2.75) is 142 Å². The molecule has 0 saturated carbocycles. The molecular formula is C27H51NO3. The van der Waals surface area contributed by atoms with Crippen molar-refractivity contribution in [3.8, 4) is 0 Å². The number of rotatable bonds is 24. The lowest BCUT2D eigenvalue weighted by atomic mass is 10.0. The molecule has 0 aliphatic rings. The van der Waals surface area contributed by atoms with Crippen LogP contribution in [0.2, 0.25) is 0 Å². The maximum Gasteiger partial charge on any atom is 0.303 e. The van der Waals surface area contributed by atoms with E-state index in [-0.39, 0.29) is 5.91 Å². The molecule has 4 nitrogen and oxygen atoms in total. The Hall–Kier alpha value is -1.32. The number of amides is 1. The van der Waals surface area contributed by atoms with Gasteiger partial charge in [-0.1, -0.05) is 122 Å². The highest BCUT2D eigenvalue weighted by Gasteiger charge is 2.00. The molecule has 31 heavy (non-hydrogen) atoms. The molecule has 0 spiro atoms. The SMILES string of the molecule is C=C(C)C(=O)NCCCCCCCCCCCCCCCCCCCCCCC(=O)O. The van der Waals surface area contributed by atoms with Crippen LogP contribution in [0.4, 0.5) is 0 Å². The second-order valence-electron chi connectivity index (χ2n) is 9.25.